The monoisotopic (exact) mass is 363 g/mol. The van der Waals surface area contributed by atoms with Gasteiger partial charge in [-0.1, -0.05) is 48.5 Å². The Morgan fingerprint density at radius 2 is 1.77 bits per heavy atom. The molecule has 2 heterocycles. The molecule has 1 aliphatic heterocycles. The van der Waals surface area contributed by atoms with E-state index >= 15 is 0 Å². The Hall–Kier alpha value is -2.53. The minimum atomic E-state index is 0.0534. The number of rotatable bonds is 6. The van der Waals surface area contributed by atoms with Gasteiger partial charge in [0.25, 0.3) is 0 Å². The zero-order valence-electron chi connectivity index (χ0n) is 14.5. The molecule has 0 fully saturated rings. The summed E-state index contributed by atoms with van der Waals surface area (Å²) in [5.41, 5.74) is 4.49. The van der Waals surface area contributed by atoms with E-state index in [4.69, 9.17) is 5.10 Å². The number of hydrogen-bond acceptors (Lipinski definition) is 3. The molecule has 4 rings (SSSR count). The summed E-state index contributed by atoms with van der Waals surface area (Å²) in [4.78, 5) is 12.5. The third-order valence-electron chi connectivity index (χ3n) is 4.52. The number of thioether (sulfide) groups is 1. The topological polar surface area (TPSA) is 46.9 Å². The van der Waals surface area contributed by atoms with Gasteiger partial charge in [0.2, 0.25) is 5.91 Å². The molecule has 0 bridgehead atoms. The van der Waals surface area contributed by atoms with Crippen molar-refractivity contribution < 1.29 is 4.79 Å². The number of para-hydroxylation sites is 1. The van der Waals surface area contributed by atoms with Gasteiger partial charge in [-0.05, 0) is 30.5 Å². The number of nitrogens with zero attached hydrogens (tertiary/aromatic N) is 2. The number of aryl methyl sites for hydroxylation is 1. The maximum Gasteiger partial charge on any atom is 0.225 e. The molecule has 0 saturated heterocycles. The number of nitrogens with one attached hydrogen (secondary N) is 1. The summed E-state index contributed by atoms with van der Waals surface area (Å²) < 4.78 is 1.87. The highest BCUT2D eigenvalue weighted by Gasteiger charge is 2.24. The first-order valence-electron chi connectivity index (χ1n) is 8.89. The maximum absolute atomic E-state index is 12.5. The minimum absolute atomic E-state index is 0.0534. The van der Waals surface area contributed by atoms with E-state index in [2.05, 4.69) is 17.4 Å². The fourth-order valence-corrected chi connectivity index (χ4v) is 4.22. The lowest BCUT2D eigenvalue weighted by Crippen LogP contribution is -2.16. The van der Waals surface area contributed by atoms with Crippen molar-refractivity contribution in [3.05, 3.63) is 77.5 Å². The second kappa shape index (κ2) is 7.79. The predicted molar refractivity (Wildman–Crippen MR) is 107 cm³/mol. The quantitative estimate of drug-likeness (QED) is 0.697. The SMILES string of the molecule is O=C(CCCc1ccccc1)Nc1c2c(nn1-c1ccccc1)CSC2. The van der Waals surface area contributed by atoms with Crippen molar-refractivity contribution in [1.29, 1.82) is 0 Å². The fourth-order valence-electron chi connectivity index (χ4n) is 3.19. The maximum atomic E-state index is 12.5. The van der Waals surface area contributed by atoms with E-state index in [0.29, 0.717) is 6.42 Å². The van der Waals surface area contributed by atoms with Crippen LogP contribution in [0.4, 0.5) is 5.82 Å². The fraction of sp³-hybridized carbons (Fsp3) is 0.238. The molecular formula is C21H21N3OS. The van der Waals surface area contributed by atoms with Gasteiger partial charge in [-0.25, -0.2) is 4.68 Å². The van der Waals surface area contributed by atoms with Crippen LogP contribution in [0.15, 0.2) is 60.7 Å². The predicted octanol–water partition coefficient (Wildman–Crippen LogP) is 4.58. The molecule has 1 N–H and O–H groups in total. The largest absolute Gasteiger partial charge is 0.310 e. The van der Waals surface area contributed by atoms with Gasteiger partial charge >= 0.3 is 0 Å². The van der Waals surface area contributed by atoms with Gasteiger partial charge in [0.15, 0.2) is 0 Å². The van der Waals surface area contributed by atoms with E-state index in [-0.39, 0.29) is 5.91 Å². The van der Waals surface area contributed by atoms with Crippen molar-refractivity contribution in [3.63, 3.8) is 0 Å². The zero-order chi connectivity index (χ0) is 17.8. The Balaban J connectivity index is 1.46. The van der Waals surface area contributed by atoms with Crippen molar-refractivity contribution in [2.75, 3.05) is 5.32 Å². The van der Waals surface area contributed by atoms with Crippen LogP contribution in [0.5, 0.6) is 0 Å². The van der Waals surface area contributed by atoms with Crippen LogP contribution in [-0.4, -0.2) is 15.7 Å². The second-order valence-electron chi connectivity index (χ2n) is 6.40. The highest BCUT2D eigenvalue weighted by atomic mass is 32.2. The van der Waals surface area contributed by atoms with Gasteiger partial charge in [0.1, 0.15) is 5.82 Å². The molecule has 4 nitrogen and oxygen atoms in total. The van der Waals surface area contributed by atoms with Crippen molar-refractivity contribution >= 4 is 23.5 Å². The van der Waals surface area contributed by atoms with E-state index in [1.807, 2.05) is 65.0 Å². The van der Waals surface area contributed by atoms with Crippen molar-refractivity contribution in [2.24, 2.45) is 0 Å². The number of carbonyl (C=O) groups is 1. The molecular weight excluding hydrogens is 342 g/mol. The number of benzene rings is 2. The zero-order valence-corrected chi connectivity index (χ0v) is 15.3. The van der Waals surface area contributed by atoms with Crippen molar-refractivity contribution in [3.8, 4) is 5.69 Å². The Kier molecular flexibility index (Phi) is 5.07. The first-order valence-corrected chi connectivity index (χ1v) is 10.0. The first kappa shape index (κ1) is 16.9. The van der Waals surface area contributed by atoms with Gasteiger partial charge in [-0.15, -0.1) is 0 Å². The summed E-state index contributed by atoms with van der Waals surface area (Å²) in [5, 5.41) is 7.85. The molecule has 0 aliphatic carbocycles. The van der Waals surface area contributed by atoms with E-state index < -0.39 is 0 Å². The molecule has 1 aromatic heterocycles. The van der Waals surface area contributed by atoms with Crippen molar-refractivity contribution in [1.82, 2.24) is 9.78 Å². The number of aromatic nitrogens is 2. The lowest BCUT2D eigenvalue weighted by molar-refractivity contribution is -0.116. The lowest BCUT2D eigenvalue weighted by atomic mass is 10.1. The third kappa shape index (κ3) is 3.68. The Labute approximate surface area is 157 Å². The van der Waals surface area contributed by atoms with Crippen LogP contribution in [0.2, 0.25) is 0 Å². The van der Waals surface area contributed by atoms with Crippen LogP contribution in [0.1, 0.15) is 29.7 Å². The molecule has 1 amide bonds. The number of hydrogen-bond donors (Lipinski definition) is 1. The summed E-state index contributed by atoms with van der Waals surface area (Å²) >= 11 is 1.84. The second-order valence-corrected chi connectivity index (χ2v) is 7.39. The van der Waals surface area contributed by atoms with Gasteiger partial charge in [0, 0.05) is 23.5 Å². The van der Waals surface area contributed by atoms with Gasteiger partial charge < -0.3 is 5.32 Å². The first-order chi connectivity index (χ1) is 12.8. The van der Waals surface area contributed by atoms with E-state index in [9.17, 15) is 4.79 Å². The highest BCUT2D eigenvalue weighted by Crippen LogP contribution is 2.36. The summed E-state index contributed by atoms with van der Waals surface area (Å²) in [6, 6.07) is 20.3. The minimum Gasteiger partial charge on any atom is -0.310 e. The molecule has 26 heavy (non-hydrogen) atoms. The van der Waals surface area contributed by atoms with E-state index in [0.717, 1.165) is 47.1 Å². The van der Waals surface area contributed by atoms with Gasteiger partial charge in [-0.2, -0.15) is 16.9 Å². The lowest BCUT2D eigenvalue weighted by Gasteiger charge is -2.11. The van der Waals surface area contributed by atoms with E-state index in [1.54, 1.807) is 0 Å². The highest BCUT2D eigenvalue weighted by molar-refractivity contribution is 7.98. The summed E-state index contributed by atoms with van der Waals surface area (Å²) in [6.45, 7) is 0. The molecule has 132 valence electrons. The smallest absolute Gasteiger partial charge is 0.225 e. The van der Waals surface area contributed by atoms with Crippen LogP contribution in [0.25, 0.3) is 5.69 Å². The van der Waals surface area contributed by atoms with Gasteiger partial charge in [0.05, 0.1) is 11.4 Å². The van der Waals surface area contributed by atoms with Crippen LogP contribution >= 0.6 is 11.8 Å². The molecule has 0 radical (unpaired) electrons. The summed E-state index contributed by atoms with van der Waals surface area (Å²) in [5.74, 6) is 2.70. The standard InChI is InChI=1S/C21H21N3OS/c25-20(13-7-10-16-8-3-1-4-9-16)22-21-18-14-26-15-19(18)23-24(21)17-11-5-2-6-12-17/h1-6,8-9,11-12H,7,10,13-15H2,(H,22,25). The average molecular weight is 363 g/mol. The van der Waals surface area contributed by atoms with Crippen LogP contribution in [0.3, 0.4) is 0 Å². The summed E-state index contributed by atoms with van der Waals surface area (Å²) in [7, 11) is 0. The Morgan fingerprint density at radius 3 is 2.54 bits per heavy atom. The number of amides is 1. The van der Waals surface area contributed by atoms with E-state index in [1.165, 1.54) is 5.56 Å². The molecule has 0 atom stereocenters. The van der Waals surface area contributed by atoms with Crippen LogP contribution in [-0.2, 0) is 22.7 Å². The molecule has 2 aromatic carbocycles. The molecule has 1 aliphatic rings. The molecule has 5 heteroatoms. The summed E-state index contributed by atoms with van der Waals surface area (Å²) in [6.07, 6.45) is 2.27. The Bertz CT molecular complexity index is 890. The molecule has 0 unspecified atom stereocenters. The molecule has 3 aromatic rings. The number of carbonyl (C=O) groups excluding carboxylic acids is 1. The Morgan fingerprint density at radius 1 is 1.04 bits per heavy atom. The normalized spacial score (nSPS) is 12.8. The van der Waals surface area contributed by atoms with Gasteiger partial charge in [-0.3, -0.25) is 4.79 Å². The molecule has 0 saturated carbocycles. The number of fused-ring (bicyclic) bond motifs is 1. The average Bonchev–Trinajstić information content (AvgIpc) is 3.26. The van der Waals surface area contributed by atoms with Crippen LogP contribution < -0.4 is 5.32 Å². The van der Waals surface area contributed by atoms with Crippen molar-refractivity contribution in [2.45, 2.75) is 30.8 Å². The molecule has 0 spiro atoms. The van der Waals surface area contributed by atoms with Crippen LogP contribution in [0, 0.1) is 0 Å². The number of anilines is 1. The third-order valence-corrected chi connectivity index (χ3v) is 5.49.